The zero-order valence-corrected chi connectivity index (χ0v) is 8.70. The Morgan fingerprint density at radius 1 is 1.38 bits per heavy atom. The quantitative estimate of drug-likeness (QED) is 0.497. The van der Waals surface area contributed by atoms with Gasteiger partial charge in [-0.15, -0.1) is 4.91 Å². The van der Waals surface area contributed by atoms with Crippen molar-refractivity contribution in [1.82, 2.24) is 5.01 Å². The van der Waals surface area contributed by atoms with Gasteiger partial charge < -0.3 is 0 Å². The fraction of sp³-hybridized carbons (Fsp3) is 1.00. The lowest BCUT2D eigenvalue weighted by molar-refractivity contribution is 0.204. The Morgan fingerprint density at radius 3 is 2.54 bits per heavy atom. The Hall–Kier alpha value is -0.600. The van der Waals surface area contributed by atoms with Gasteiger partial charge in [-0.1, -0.05) is 32.1 Å². The summed E-state index contributed by atoms with van der Waals surface area (Å²) >= 11 is 0. The zero-order chi connectivity index (χ0) is 9.68. The van der Waals surface area contributed by atoms with Gasteiger partial charge in [0, 0.05) is 13.1 Å². The van der Waals surface area contributed by atoms with E-state index in [-0.39, 0.29) is 0 Å². The van der Waals surface area contributed by atoms with Crippen LogP contribution < -0.4 is 0 Å². The van der Waals surface area contributed by atoms with Gasteiger partial charge in [-0.25, -0.2) is 0 Å². The second kappa shape index (κ2) is 5.20. The molecule has 0 saturated heterocycles. The molecule has 0 heterocycles. The predicted molar refractivity (Wildman–Crippen MR) is 54.2 cm³/mol. The third-order valence-corrected chi connectivity index (χ3v) is 3.17. The van der Waals surface area contributed by atoms with Crippen molar-refractivity contribution in [2.45, 2.75) is 51.5 Å². The van der Waals surface area contributed by atoms with Gasteiger partial charge in [0.15, 0.2) is 0 Å². The zero-order valence-electron chi connectivity index (χ0n) is 8.70. The second-order valence-electron chi connectivity index (χ2n) is 4.24. The molecule has 1 aliphatic carbocycles. The van der Waals surface area contributed by atoms with Crippen LogP contribution >= 0.6 is 0 Å². The van der Waals surface area contributed by atoms with E-state index < -0.39 is 0 Å². The van der Waals surface area contributed by atoms with Gasteiger partial charge in [-0.05, 0) is 19.3 Å². The molecule has 0 aromatic rings. The third-order valence-electron chi connectivity index (χ3n) is 3.17. The predicted octanol–water partition coefficient (Wildman–Crippen LogP) is 2.96. The van der Waals surface area contributed by atoms with Crippen molar-refractivity contribution in [2.24, 2.45) is 11.2 Å². The SMILES string of the molecule is CC(CC1CCCCC1)N(C)N=O. The first kappa shape index (κ1) is 10.5. The van der Waals surface area contributed by atoms with Crippen LogP contribution in [-0.2, 0) is 0 Å². The third kappa shape index (κ3) is 3.33. The monoisotopic (exact) mass is 184 g/mol. The summed E-state index contributed by atoms with van der Waals surface area (Å²) < 4.78 is 0. The van der Waals surface area contributed by atoms with Crippen LogP contribution in [0.5, 0.6) is 0 Å². The van der Waals surface area contributed by atoms with Crippen LogP contribution in [0.15, 0.2) is 5.29 Å². The first-order valence-electron chi connectivity index (χ1n) is 5.30. The molecule has 0 aromatic carbocycles. The molecular weight excluding hydrogens is 164 g/mol. The average Bonchev–Trinajstić information content (AvgIpc) is 2.18. The lowest BCUT2D eigenvalue weighted by Crippen LogP contribution is -2.26. The van der Waals surface area contributed by atoms with Crippen LogP contribution in [-0.4, -0.2) is 18.1 Å². The maximum Gasteiger partial charge on any atom is 0.0523 e. The van der Waals surface area contributed by atoms with E-state index in [1.165, 1.54) is 37.1 Å². The molecule has 1 rings (SSSR count). The molecule has 3 heteroatoms. The molecule has 0 radical (unpaired) electrons. The summed E-state index contributed by atoms with van der Waals surface area (Å²) in [5.41, 5.74) is 0. The van der Waals surface area contributed by atoms with Gasteiger partial charge in [-0.3, -0.25) is 5.01 Å². The maximum atomic E-state index is 10.3. The van der Waals surface area contributed by atoms with E-state index in [0.29, 0.717) is 6.04 Å². The molecule has 0 amide bonds. The van der Waals surface area contributed by atoms with Gasteiger partial charge >= 0.3 is 0 Å². The Morgan fingerprint density at radius 2 is 2.00 bits per heavy atom. The fourth-order valence-corrected chi connectivity index (χ4v) is 2.14. The first-order chi connectivity index (χ1) is 6.24. The fourth-order valence-electron chi connectivity index (χ4n) is 2.14. The molecule has 0 bridgehead atoms. The molecule has 0 aliphatic heterocycles. The smallest absolute Gasteiger partial charge is 0.0523 e. The number of hydrogen-bond acceptors (Lipinski definition) is 2. The minimum absolute atomic E-state index is 0.306. The van der Waals surface area contributed by atoms with Crippen molar-refractivity contribution >= 4 is 0 Å². The standard InChI is InChI=1S/C10H20N2O/c1-9(12(2)11-13)8-10-6-4-3-5-7-10/h9-10H,3-8H2,1-2H3. The van der Waals surface area contributed by atoms with E-state index in [1.807, 2.05) is 0 Å². The van der Waals surface area contributed by atoms with Crippen molar-refractivity contribution in [3.8, 4) is 0 Å². The molecule has 13 heavy (non-hydrogen) atoms. The summed E-state index contributed by atoms with van der Waals surface area (Å²) in [5, 5.41) is 4.47. The maximum absolute atomic E-state index is 10.3. The Kier molecular flexibility index (Phi) is 4.19. The highest BCUT2D eigenvalue weighted by Crippen LogP contribution is 2.28. The topological polar surface area (TPSA) is 32.7 Å². The van der Waals surface area contributed by atoms with Crippen LogP contribution in [0.25, 0.3) is 0 Å². The van der Waals surface area contributed by atoms with Crippen LogP contribution in [0.3, 0.4) is 0 Å². The summed E-state index contributed by atoms with van der Waals surface area (Å²) in [7, 11) is 1.76. The summed E-state index contributed by atoms with van der Waals surface area (Å²) in [6.07, 6.45) is 7.95. The first-order valence-corrected chi connectivity index (χ1v) is 5.30. The molecule has 1 aliphatic rings. The molecule has 0 spiro atoms. The Balaban J connectivity index is 2.25. The second-order valence-corrected chi connectivity index (χ2v) is 4.24. The molecule has 1 atom stereocenters. The minimum Gasteiger partial charge on any atom is -0.261 e. The number of nitrogens with zero attached hydrogens (tertiary/aromatic N) is 2. The van der Waals surface area contributed by atoms with E-state index in [2.05, 4.69) is 12.2 Å². The van der Waals surface area contributed by atoms with Crippen LogP contribution in [0.1, 0.15) is 45.4 Å². The summed E-state index contributed by atoms with van der Waals surface area (Å²) in [6, 6.07) is 0.306. The highest BCUT2D eigenvalue weighted by molar-refractivity contribution is 4.71. The van der Waals surface area contributed by atoms with Crippen LogP contribution in [0.2, 0.25) is 0 Å². The largest absolute Gasteiger partial charge is 0.261 e. The highest BCUT2D eigenvalue weighted by atomic mass is 16.3. The number of nitroso groups, excluding NO2 is 1. The number of rotatable bonds is 4. The van der Waals surface area contributed by atoms with E-state index in [1.54, 1.807) is 7.05 Å². The van der Waals surface area contributed by atoms with E-state index in [9.17, 15) is 4.91 Å². The molecule has 0 N–H and O–H groups in total. The van der Waals surface area contributed by atoms with E-state index in [0.717, 1.165) is 12.3 Å². The highest BCUT2D eigenvalue weighted by Gasteiger charge is 2.18. The minimum atomic E-state index is 0.306. The van der Waals surface area contributed by atoms with Gasteiger partial charge in [0.25, 0.3) is 0 Å². The van der Waals surface area contributed by atoms with Crippen LogP contribution in [0.4, 0.5) is 0 Å². The van der Waals surface area contributed by atoms with Crippen molar-refractivity contribution < 1.29 is 0 Å². The Labute approximate surface area is 80.4 Å². The van der Waals surface area contributed by atoms with Crippen molar-refractivity contribution in [3.05, 3.63) is 4.91 Å². The van der Waals surface area contributed by atoms with Gasteiger partial charge in [-0.2, -0.15) is 0 Å². The molecule has 3 nitrogen and oxygen atoms in total. The molecule has 1 saturated carbocycles. The van der Waals surface area contributed by atoms with E-state index >= 15 is 0 Å². The van der Waals surface area contributed by atoms with Crippen molar-refractivity contribution in [1.29, 1.82) is 0 Å². The molecule has 76 valence electrons. The molecular formula is C10H20N2O. The van der Waals surface area contributed by atoms with Crippen molar-refractivity contribution in [3.63, 3.8) is 0 Å². The van der Waals surface area contributed by atoms with Gasteiger partial charge in [0.2, 0.25) is 0 Å². The summed E-state index contributed by atoms with van der Waals surface area (Å²) in [5.74, 6) is 0.827. The summed E-state index contributed by atoms with van der Waals surface area (Å²) in [4.78, 5) is 10.3. The van der Waals surface area contributed by atoms with Gasteiger partial charge in [0.05, 0.1) is 5.29 Å². The lowest BCUT2D eigenvalue weighted by atomic mass is 9.85. The Bertz CT molecular complexity index is 155. The lowest BCUT2D eigenvalue weighted by Gasteiger charge is -2.26. The van der Waals surface area contributed by atoms with Crippen LogP contribution in [0, 0.1) is 10.8 Å². The van der Waals surface area contributed by atoms with E-state index in [4.69, 9.17) is 0 Å². The number of hydrogen-bond donors (Lipinski definition) is 0. The molecule has 0 aromatic heterocycles. The van der Waals surface area contributed by atoms with Gasteiger partial charge in [0.1, 0.15) is 0 Å². The summed E-state index contributed by atoms with van der Waals surface area (Å²) in [6.45, 7) is 2.08. The normalized spacial score (nSPS) is 21.1. The molecule has 1 fully saturated rings. The molecule has 1 unspecified atom stereocenters. The van der Waals surface area contributed by atoms with Crippen molar-refractivity contribution in [2.75, 3.05) is 7.05 Å². The average molecular weight is 184 g/mol.